The van der Waals surface area contributed by atoms with Gasteiger partial charge in [0.2, 0.25) is 0 Å². The Morgan fingerprint density at radius 3 is 2.41 bits per heavy atom. The van der Waals surface area contributed by atoms with Crippen molar-refractivity contribution in [1.29, 1.82) is 0 Å². The molecule has 0 heterocycles. The molecule has 4 fully saturated rings. The van der Waals surface area contributed by atoms with Gasteiger partial charge in [-0.25, -0.2) is 0 Å². The van der Waals surface area contributed by atoms with Crippen molar-refractivity contribution in [3.05, 3.63) is 42.0 Å². The molecule has 0 spiro atoms. The molecule has 4 nitrogen and oxygen atoms in total. The zero-order valence-electron chi connectivity index (χ0n) is 16.9. The average molecular weight is 530 g/mol. The van der Waals surface area contributed by atoms with Gasteiger partial charge in [0.15, 0.2) is 6.79 Å². The number of halogens is 2. The lowest BCUT2D eigenvalue weighted by molar-refractivity contribution is -0.382. The Labute approximate surface area is 190 Å². The predicted molar refractivity (Wildman–Crippen MR) is 121 cm³/mol. The predicted octanol–water partition coefficient (Wildman–Crippen LogP) is 6.18. The lowest BCUT2D eigenvalue weighted by Gasteiger charge is -2.61. The molecular weight excluding hydrogens is 500 g/mol. The second-order valence-electron chi connectivity index (χ2n) is 8.81. The van der Waals surface area contributed by atoms with Crippen LogP contribution in [0.4, 0.5) is 0 Å². The number of ether oxygens (including phenoxy) is 4. The summed E-state index contributed by atoms with van der Waals surface area (Å²) in [6.45, 7) is 5.87. The summed E-state index contributed by atoms with van der Waals surface area (Å²) < 4.78 is 23.5. The molecule has 4 bridgehead atoms. The Balaban J connectivity index is 1.55. The van der Waals surface area contributed by atoms with Gasteiger partial charge in [-0.05, 0) is 61.0 Å². The van der Waals surface area contributed by atoms with Crippen LogP contribution < -0.4 is 0 Å². The van der Waals surface area contributed by atoms with Gasteiger partial charge in [0.25, 0.3) is 5.97 Å². The smallest absolute Gasteiger partial charge is 0.283 e. The zero-order valence-corrected chi connectivity index (χ0v) is 20.1. The van der Waals surface area contributed by atoms with Crippen LogP contribution in [-0.2, 0) is 24.4 Å². The van der Waals surface area contributed by atoms with Crippen LogP contribution in [0, 0.1) is 17.8 Å². The van der Waals surface area contributed by atoms with E-state index in [-0.39, 0.29) is 18.3 Å². The molecule has 0 radical (unpaired) electrons. The maximum atomic E-state index is 6.50. The first kappa shape index (κ1) is 22.0. The minimum atomic E-state index is -1.14. The fourth-order valence-electron chi connectivity index (χ4n) is 6.20. The minimum Gasteiger partial charge on any atom is -0.351 e. The first-order valence-electron chi connectivity index (χ1n) is 10.4. The third-order valence-corrected chi connectivity index (χ3v) is 7.57. The summed E-state index contributed by atoms with van der Waals surface area (Å²) in [5, 5.41) is 0. The molecule has 3 atom stereocenters. The van der Waals surface area contributed by atoms with Crippen molar-refractivity contribution in [2.75, 3.05) is 17.8 Å². The van der Waals surface area contributed by atoms with Crippen LogP contribution >= 0.6 is 31.9 Å². The SMILES string of the molecule is C=Cc1cccc(C23CC4CC(CC(C4)C2OCOC(C)(OCBr)OCBr)C3)c1. The fraction of sp³-hybridized carbons (Fsp3) is 0.652. The van der Waals surface area contributed by atoms with Crippen molar-refractivity contribution in [1.82, 2.24) is 0 Å². The van der Waals surface area contributed by atoms with E-state index < -0.39 is 5.97 Å². The highest BCUT2D eigenvalue weighted by Gasteiger charge is 2.58. The second-order valence-corrected chi connectivity index (χ2v) is 9.73. The van der Waals surface area contributed by atoms with E-state index in [4.69, 9.17) is 18.9 Å². The molecule has 6 heteroatoms. The van der Waals surface area contributed by atoms with Crippen molar-refractivity contribution in [3.8, 4) is 0 Å². The number of rotatable bonds is 10. The quantitative estimate of drug-likeness (QED) is 0.268. The van der Waals surface area contributed by atoms with Gasteiger partial charge in [0, 0.05) is 12.3 Å². The molecule has 0 aliphatic heterocycles. The fourth-order valence-corrected chi connectivity index (χ4v) is 7.03. The first-order valence-corrected chi connectivity index (χ1v) is 12.6. The van der Waals surface area contributed by atoms with Crippen LogP contribution in [0.5, 0.6) is 0 Å². The number of hydrogen-bond donors (Lipinski definition) is 0. The molecule has 0 N–H and O–H groups in total. The molecule has 4 aliphatic rings. The van der Waals surface area contributed by atoms with E-state index in [1.54, 1.807) is 6.92 Å². The highest BCUT2D eigenvalue weighted by molar-refractivity contribution is 9.09. The molecule has 4 aliphatic carbocycles. The normalized spacial score (nSPS) is 33.2. The van der Waals surface area contributed by atoms with Crippen molar-refractivity contribution in [2.24, 2.45) is 17.8 Å². The summed E-state index contributed by atoms with van der Waals surface area (Å²) in [7, 11) is 0. The van der Waals surface area contributed by atoms with Gasteiger partial charge in [-0.3, -0.25) is 0 Å². The third-order valence-electron chi connectivity index (χ3n) is 7.12. The van der Waals surface area contributed by atoms with Gasteiger partial charge in [-0.2, -0.15) is 0 Å². The molecule has 1 aromatic rings. The van der Waals surface area contributed by atoms with E-state index in [2.05, 4.69) is 62.7 Å². The van der Waals surface area contributed by atoms with Crippen LogP contribution in [0.2, 0.25) is 0 Å². The molecule has 3 unspecified atom stereocenters. The lowest BCUT2D eigenvalue weighted by atomic mass is 9.46. The summed E-state index contributed by atoms with van der Waals surface area (Å²) in [6.07, 6.45) is 8.44. The maximum absolute atomic E-state index is 6.50. The standard InChI is InChI=1S/C23H30Br2O4/c1-3-16-5-4-6-20(10-16)23-11-17-7-18(12-23)9-19(8-17)21(23)26-15-29-22(2,27-13-24)28-14-25/h3-6,10,17-19,21H,1,7-9,11-15H2,2H3. The van der Waals surface area contributed by atoms with Gasteiger partial charge >= 0.3 is 0 Å². The van der Waals surface area contributed by atoms with Gasteiger partial charge < -0.3 is 18.9 Å². The van der Waals surface area contributed by atoms with Gasteiger partial charge in [-0.15, -0.1) is 0 Å². The Kier molecular flexibility index (Phi) is 6.89. The summed E-state index contributed by atoms with van der Waals surface area (Å²) >= 11 is 6.56. The zero-order chi connectivity index (χ0) is 20.5. The topological polar surface area (TPSA) is 36.9 Å². The van der Waals surface area contributed by atoms with Crippen LogP contribution in [0.15, 0.2) is 30.8 Å². The van der Waals surface area contributed by atoms with Crippen LogP contribution in [0.25, 0.3) is 6.08 Å². The lowest BCUT2D eigenvalue weighted by Crippen LogP contribution is -2.59. The van der Waals surface area contributed by atoms with E-state index in [1.807, 2.05) is 6.08 Å². The molecule has 29 heavy (non-hydrogen) atoms. The van der Waals surface area contributed by atoms with E-state index >= 15 is 0 Å². The molecule has 160 valence electrons. The second kappa shape index (κ2) is 9.09. The summed E-state index contributed by atoms with van der Waals surface area (Å²) in [5.41, 5.74) is 3.29. The summed E-state index contributed by atoms with van der Waals surface area (Å²) in [6, 6.07) is 8.87. The third kappa shape index (κ3) is 4.39. The average Bonchev–Trinajstić information content (AvgIpc) is 2.70. The highest BCUT2D eigenvalue weighted by Crippen LogP contribution is 2.61. The first-order chi connectivity index (χ1) is 14.0. The van der Waals surface area contributed by atoms with Gasteiger partial charge in [0.1, 0.15) is 11.0 Å². The number of alkyl halides is 2. The van der Waals surface area contributed by atoms with Crippen molar-refractivity contribution >= 4 is 37.9 Å². The molecule has 0 amide bonds. The number of hydrogen-bond acceptors (Lipinski definition) is 4. The maximum Gasteiger partial charge on any atom is 0.283 e. The molecule has 0 saturated heterocycles. The monoisotopic (exact) mass is 528 g/mol. The van der Waals surface area contributed by atoms with Gasteiger partial charge in [-0.1, -0.05) is 68.8 Å². The van der Waals surface area contributed by atoms with Gasteiger partial charge in [0.05, 0.1) is 6.10 Å². The summed E-state index contributed by atoms with van der Waals surface area (Å²) in [5.74, 6) is 1.09. The Hall–Kier alpha value is -0.240. The van der Waals surface area contributed by atoms with E-state index in [1.165, 1.54) is 43.2 Å². The molecule has 5 rings (SSSR count). The summed E-state index contributed by atoms with van der Waals surface area (Å²) in [4.78, 5) is 0. The Morgan fingerprint density at radius 2 is 1.79 bits per heavy atom. The van der Waals surface area contributed by atoms with E-state index in [0.29, 0.717) is 17.0 Å². The molecular formula is C23H30Br2O4. The van der Waals surface area contributed by atoms with E-state index in [0.717, 1.165) is 11.8 Å². The molecule has 4 saturated carbocycles. The molecule has 1 aromatic carbocycles. The van der Waals surface area contributed by atoms with Crippen molar-refractivity contribution < 1.29 is 18.9 Å². The largest absolute Gasteiger partial charge is 0.351 e. The highest BCUT2D eigenvalue weighted by atomic mass is 79.9. The van der Waals surface area contributed by atoms with Crippen LogP contribution in [0.1, 0.15) is 50.2 Å². The molecule has 0 aromatic heterocycles. The van der Waals surface area contributed by atoms with Crippen molar-refractivity contribution in [3.63, 3.8) is 0 Å². The Bertz CT molecular complexity index is 705. The van der Waals surface area contributed by atoms with Crippen LogP contribution in [-0.4, -0.2) is 29.9 Å². The Morgan fingerprint density at radius 1 is 1.10 bits per heavy atom. The van der Waals surface area contributed by atoms with Crippen LogP contribution in [0.3, 0.4) is 0 Å². The minimum absolute atomic E-state index is 0.0695. The van der Waals surface area contributed by atoms with Crippen molar-refractivity contribution in [2.45, 2.75) is 56.5 Å². The van der Waals surface area contributed by atoms with E-state index in [9.17, 15) is 0 Å². The number of benzene rings is 1.